The van der Waals surface area contributed by atoms with Crippen molar-refractivity contribution in [1.29, 1.82) is 0 Å². The van der Waals surface area contributed by atoms with Gasteiger partial charge < -0.3 is 0 Å². The van der Waals surface area contributed by atoms with Gasteiger partial charge in [-0.05, 0) is 23.0 Å². The van der Waals surface area contributed by atoms with E-state index >= 15 is 0 Å². The molecule has 0 heterocycles. The van der Waals surface area contributed by atoms with E-state index in [1.54, 1.807) is 0 Å². The Labute approximate surface area is 177 Å². The standard InChI is InChI=1S/C28H48/c1-5-7-8-9-10-11-12-13-14-15-16-17-18-19-22-25-28(3,4)27-24-21-20-23-26(27)6-2/h6,20-21,23-24H,2,5,7-19,22,25H2,1,3-4H3. The van der Waals surface area contributed by atoms with Crippen LogP contribution in [-0.4, -0.2) is 0 Å². The van der Waals surface area contributed by atoms with Gasteiger partial charge in [0.05, 0.1) is 0 Å². The molecule has 0 saturated heterocycles. The summed E-state index contributed by atoms with van der Waals surface area (Å²) in [4.78, 5) is 0. The van der Waals surface area contributed by atoms with E-state index in [2.05, 4.69) is 51.6 Å². The van der Waals surface area contributed by atoms with Crippen LogP contribution in [0.1, 0.15) is 135 Å². The van der Waals surface area contributed by atoms with Crippen LogP contribution in [0.3, 0.4) is 0 Å². The third-order valence-corrected chi connectivity index (χ3v) is 6.32. The fraction of sp³-hybridized carbons (Fsp3) is 0.714. The molecular weight excluding hydrogens is 336 g/mol. The van der Waals surface area contributed by atoms with Crippen LogP contribution in [0.4, 0.5) is 0 Å². The minimum atomic E-state index is 0.251. The van der Waals surface area contributed by atoms with E-state index in [9.17, 15) is 0 Å². The third kappa shape index (κ3) is 11.1. The van der Waals surface area contributed by atoms with Crippen molar-refractivity contribution in [2.24, 2.45) is 0 Å². The smallest absolute Gasteiger partial charge is 0.00976 e. The summed E-state index contributed by atoms with van der Waals surface area (Å²) in [5.41, 5.74) is 3.00. The molecule has 1 aromatic carbocycles. The summed E-state index contributed by atoms with van der Waals surface area (Å²) in [6.45, 7) is 11.1. The molecule has 0 fully saturated rings. The lowest BCUT2D eigenvalue weighted by molar-refractivity contribution is 0.440. The van der Waals surface area contributed by atoms with Crippen molar-refractivity contribution in [1.82, 2.24) is 0 Å². The molecule has 0 saturated carbocycles. The lowest BCUT2D eigenvalue weighted by Gasteiger charge is -2.27. The first-order valence-electron chi connectivity index (χ1n) is 12.3. The second-order valence-corrected chi connectivity index (χ2v) is 9.38. The van der Waals surface area contributed by atoms with Crippen LogP contribution in [0.2, 0.25) is 0 Å². The second kappa shape index (κ2) is 15.8. The maximum Gasteiger partial charge on any atom is -0.00976 e. The largest absolute Gasteiger partial charge is 0.0985 e. The van der Waals surface area contributed by atoms with Gasteiger partial charge in [-0.3, -0.25) is 0 Å². The van der Waals surface area contributed by atoms with Gasteiger partial charge in [-0.2, -0.15) is 0 Å². The maximum atomic E-state index is 3.98. The van der Waals surface area contributed by atoms with Crippen molar-refractivity contribution < 1.29 is 0 Å². The fourth-order valence-electron chi connectivity index (χ4n) is 4.36. The molecule has 0 heteroatoms. The maximum absolute atomic E-state index is 3.98. The number of unbranched alkanes of at least 4 members (excludes halogenated alkanes) is 14. The van der Waals surface area contributed by atoms with E-state index in [0.29, 0.717) is 0 Å². The molecule has 0 spiro atoms. The van der Waals surface area contributed by atoms with Crippen molar-refractivity contribution in [2.45, 2.75) is 129 Å². The van der Waals surface area contributed by atoms with Gasteiger partial charge in [0, 0.05) is 0 Å². The Morgan fingerprint density at radius 2 is 1.11 bits per heavy atom. The molecule has 0 amide bonds. The molecule has 1 aromatic rings. The number of hydrogen-bond donors (Lipinski definition) is 0. The van der Waals surface area contributed by atoms with Crippen LogP contribution in [0.25, 0.3) is 6.08 Å². The topological polar surface area (TPSA) is 0 Å². The Morgan fingerprint density at radius 1 is 0.679 bits per heavy atom. The summed E-state index contributed by atoms with van der Waals surface area (Å²) in [7, 11) is 0. The molecular formula is C28H48. The van der Waals surface area contributed by atoms with Crippen molar-refractivity contribution in [3.05, 3.63) is 42.0 Å². The summed E-state index contributed by atoms with van der Waals surface area (Å²) < 4.78 is 0. The van der Waals surface area contributed by atoms with Gasteiger partial charge in [-0.15, -0.1) is 0 Å². The third-order valence-electron chi connectivity index (χ3n) is 6.32. The minimum absolute atomic E-state index is 0.251. The molecule has 0 aliphatic carbocycles. The highest BCUT2D eigenvalue weighted by molar-refractivity contribution is 5.53. The first kappa shape index (κ1) is 25.0. The van der Waals surface area contributed by atoms with E-state index in [-0.39, 0.29) is 5.41 Å². The van der Waals surface area contributed by atoms with Gasteiger partial charge in [0.1, 0.15) is 0 Å². The lowest BCUT2D eigenvalue weighted by Crippen LogP contribution is -2.18. The van der Waals surface area contributed by atoms with Gasteiger partial charge in [0.2, 0.25) is 0 Å². The molecule has 0 N–H and O–H groups in total. The highest BCUT2D eigenvalue weighted by atomic mass is 14.3. The summed E-state index contributed by atoms with van der Waals surface area (Å²) in [6, 6.07) is 8.75. The Kier molecular flexibility index (Phi) is 14.1. The first-order valence-corrected chi connectivity index (χ1v) is 12.3. The molecule has 160 valence electrons. The van der Waals surface area contributed by atoms with Crippen LogP contribution >= 0.6 is 0 Å². The Balaban J connectivity index is 1.97. The zero-order chi connectivity index (χ0) is 20.5. The van der Waals surface area contributed by atoms with Crippen molar-refractivity contribution >= 4 is 6.08 Å². The quantitative estimate of drug-likeness (QED) is 0.221. The molecule has 0 unspecified atom stereocenters. The summed E-state index contributed by atoms with van der Waals surface area (Å²) in [5, 5.41) is 0. The van der Waals surface area contributed by atoms with Crippen LogP contribution in [0, 0.1) is 0 Å². The molecule has 0 aromatic heterocycles. The molecule has 0 atom stereocenters. The predicted octanol–water partition coefficient (Wildman–Crippen LogP) is 9.87. The number of rotatable bonds is 18. The second-order valence-electron chi connectivity index (χ2n) is 9.38. The van der Waals surface area contributed by atoms with Crippen molar-refractivity contribution in [3.8, 4) is 0 Å². The monoisotopic (exact) mass is 384 g/mol. The number of hydrogen-bond acceptors (Lipinski definition) is 0. The van der Waals surface area contributed by atoms with Crippen LogP contribution < -0.4 is 0 Å². The highest BCUT2D eigenvalue weighted by Gasteiger charge is 2.21. The zero-order valence-corrected chi connectivity index (χ0v) is 19.4. The SMILES string of the molecule is C=Cc1ccccc1C(C)(C)CCCCCCCCCCCCCCCCC. The van der Waals surface area contributed by atoms with Crippen LogP contribution in [-0.2, 0) is 5.41 Å². The Bertz CT molecular complexity index is 497. The average molecular weight is 385 g/mol. The lowest BCUT2D eigenvalue weighted by atomic mass is 9.77. The van der Waals surface area contributed by atoms with Gasteiger partial charge in [0.15, 0.2) is 0 Å². The van der Waals surface area contributed by atoms with Crippen LogP contribution in [0.5, 0.6) is 0 Å². The van der Waals surface area contributed by atoms with Gasteiger partial charge in [-0.25, -0.2) is 0 Å². The van der Waals surface area contributed by atoms with E-state index in [0.717, 1.165) is 0 Å². The Morgan fingerprint density at radius 3 is 1.57 bits per heavy atom. The molecule has 0 aliphatic heterocycles. The van der Waals surface area contributed by atoms with E-state index < -0.39 is 0 Å². The predicted molar refractivity (Wildman–Crippen MR) is 129 cm³/mol. The normalized spacial score (nSPS) is 11.7. The average Bonchev–Trinajstić information content (AvgIpc) is 2.70. The number of benzene rings is 1. The zero-order valence-electron chi connectivity index (χ0n) is 19.4. The first-order chi connectivity index (χ1) is 13.6. The molecule has 0 bridgehead atoms. The highest BCUT2D eigenvalue weighted by Crippen LogP contribution is 2.32. The van der Waals surface area contributed by atoms with Gasteiger partial charge in [0.25, 0.3) is 0 Å². The van der Waals surface area contributed by atoms with E-state index in [4.69, 9.17) is 0 Å². The Hall–Kier alpha value is -1.04. The van der Waals surface area contributed by atoms with E-state index in [1.807, 2.05) is 6.08 Å². The fourth-order valence-corrected chi connectivity index (χ4v) is 4.36. The summed E-state index contributed by atoms with van der Waals surface area (Å²) in [5.74, 6) is 0. The van der Waals surface area contributed by atoms with Gasteiger partial charge >= 0.3 is 0 Å². The van der Waals surface area contributed by atoms with Crippen molar-refractivity contribution in [3.63, 3.8) is 0 Å². The van der Waals surface area contributed by atoms with Crippen LogP contribution in [0.15, 0.2) is 30.8 Å². The van der Waals surface area contributed by atoms with E-state index in [1.165, 1.54) is 114 Å². The summed E-state index contributed by atoms with van der Waals surface area (Å²) in [6.07, 6.45) is 24.8. The minimum Gasteiger partial charge on any atom is -0.0985 e. The van der Waals surface area contributed by atoms with Crippen molar-refractivity contribution in [2.75, 3.05) is 0 Å². The van der Waals surface area contributed by atoms with Gasteiger partial charge in [-0.1, -0.05) is 154 Å². The molecule has 0 aliphatic rings. The molecule has 28 heavy (non-hydrogen) atoms. The molecule has 1 rings (SSSR count). The molecule has 0 radical (unpaired) electrons. The molecule has 0 nitrogen and oxygen atoms in total. The summed E-state index contributed by atoms with van der Waals surface area (Å²) >= 11 is 0.